The Labute approximate surface area is 129 Å². The van der Waals surface area contributed by atoms with E-state index in [1.54, 1.807) is 13.2 Å². The Kier molecular flexibility index (Phi) is 5.71. The third-order valence-electron chi connectivity index (χ3n) is 3.06. The molecule has 1 amide bonds. The van der Waals surface area contributed by atoms with Gasteiger partial charge in [-0.2, -0.15) is 0 Å². The van der Waals surface area contributed by atoms with Gasteiger partial charge in [0.1, 0.15) is 23.6 Å². The summed E-state index contributed by atoms with van der Waals surface area (Å²) in [4.78, 5) is 20.1. The van der Waals surface area contributed by atoms with Crippen LogP contribution in [-0.4, -0.2) is 29.5 Å². The number of hydrogen-bond donors (Lipinski definition) is 2. The van der Waals surface area contributed by atoms with E-state index in [0.29, 0.717) is 18.1 Å². The van der Waals surface area contributed by atoms with Crippen LogP contribution < -0.4 is 15.4 Å². The van der Waals surface area contributed by atoms with Crippen molar-refractivity contribution < 1.29 is 9.53 Å². The molecular weight excluding hydrogens is 280 g/mol. The molecule has 1 heterocycles. The highest BCUT2D eigenvalue weighted by molar-refractivity contribution is 5.92. The number of benzene rings is 1. The molecule has 2 aromatic rings. The fourth-order valence-corrected chi connectivity index (χ4v) is 1.87. The summed E-state index contributed by atoms with van der Waals surface area (Å²) >= 11 is 0. The van der Waals surface area contributed by atoms with Crippen LogP contribution in [0.2, 0.25) is 0 Å². The van der Waals surface area contributed by atoms with Gasteiger partial charge in [0.2, 0.25) is 0 Å². The van der Waals surface area contributed by atoms with Crippen LogP contribution in [0.25, 0.3) is 0 Å². The molecule has 2 N–H and O–H groups in total. The molecule has 1 aromatic heterocycles. The summed E-state index contributed by atoms with van der Waals surface area (Å²) in [5.41, 5.74) is 1.17. The van der Waals surface area contributed by atoms with Crippen molar-refractivity contribution in [2.24, 2.45) is 0 Å². The highest BCUT2D eigenvalue weighted by atomic mass is 16.5. The number of carbonyl (C=O) groups is 1. The van der Waals surface area contributed by atoms with Crippen molar-refractivity contribution in [1.82, 2.24) is 15.3 Å². The molecule has 6 heteroatoms. The molecule has 116 valence electrons. The zero-order valence-corrected chi connectivity index (χ0v) is 12.8. The van der Waals surface area contributed by atoms with E-state index >= 15 is 0 Å². The molecule has 6 nitrogen and oxygen atoms in total. The maximum absolute atomic E-state index is 12.0. The molecule has 22 heavy (non-hydrogen) atoms. The average Bonchev–Trinajstić information content (AvgIpc) is 2.55. The van der Waals surface area contributed by atoms with Gasteiger partial charge in [-0.1, -0.05) is 19.4 Å². The largest absolute Gasteiger partial charge is 0.497 e. The van der Waals surface area contributed by atoms with Crippen LogP contribution in [0.5, 0.6) is 5.75 Å². The second-order valence-electron chi connectivity index (χ2n) is 4.75. The van der Waals surface area contributed by atoms with Crippen LogP contribution in [0.15, 0.2) is 36.7 Å². The molecule has 0 bridgehead atoms. The number of anilines is 2. The SMILES string of the molecule is CCCCNC(=O)c1cc(Nc2cccc(OC)c2)ncn1. The van der Waals surface area contributed by atoms with Gasteiger partial charge in [0.05, 0.1) is 7.11 Å². The standard InChI is InChI=1S/C16H20N4O2/c1-3-4-8-17-16(21)14-10-15(19-11-18-14)20-12-6-5-7-13(9-12)22-2/h5-7,9-11H,3-4,8H2,1-2H3,(H,17,21)(H,18,19,20). The van der Waals surface area contributed by atoms with Gasteiger partial charge in [-0.15, -0.1) is 0 Å². The molecule has 0 aliphatic carbocycles. The van der Waals surface area contributed by atoms with Crippen LogP contribution in [0, 0.1) is 0 Å². The lowest BCUT2D eigenvalue weighted by Crippen LogP contribution is -2.25. The molecule has 0 saturated carbocycles. The molecule has 0 aliphatic heterocycles. The first-order valence-corrected chi connectivity index (χ1v) is 7.24. The van der Waals surface area contributed by atoms with Crippen molar-refractivity contribution in [1.29, 1.82) is 0 Å². The lowest BCUT2D eigenvalue weighted by molar-refractivity contribution is 0.0948. The number of hydrogen-bond acceptors (Lipinski definition) is 5. The van der Waals surface area contributed by atoms with E-state index in [2.05, 4.69) is 27.5 Å². The van der Waals surface area contributed by atoms with Crippen LogP contribution in [0.1, 0.15) is 30.3 Å². The van der Waals surface area contributed by atoms with Crippen LogP contribution in [0.4, 0.5) is 11.5 Å². The summed E-state index contributed by atoms with van der Waals surface area (Å²) in [6.45, 7) is 2.73. The van der Waals surface area contributed by atoms with Crippen LogP contribution in [-0.2, 0) is 0 Å². The van der Waals surface area contributed by atoms with E-state index in [-0.39, 0.29) is 5.91 Å². The van der Waals surface area contributed by atoms with Gasteiger partial charge in [0.15, 0.2) is 0 Å². The molecule has 0 spiro atoms. The third-order valence-corrected chi connectivity index (χ3v) is 3.06. The molecule has 0 saturated heterocycles. The first-order chi connectivity index (χ1) is 10.7. The van der Waals surface area contributed by atoms with E-state index in [4.69, 9.17) is 4.74 Å². The summed E-state index contributed by atoms with van der Waals surface area (Å²) in [6.07, 6.45) is 3.36. The third kappa shape index (κ3) is 4.44. The maximum atomic E-state index is 12.0. The molecule has 0 radical (unpaired) electrons. The Morgan fingerprint density at radius 2 is 2.14 bits per heavy atom. The van der Waals surface area contributed by atoms with E-state index in [0.717, 1.165) is 24.3 Å². The van der Waals surface area contributed by atoms with E-state index in [1.165, 1.54) is 6.33 Å². The number of methoxy groups -OCH3 is 1. The van der Waals surface area contributed by atoms with Crippen molar-refractivity contribution >= 4 is 17.4 Å². The molecule has 2 rings (SSSR count). The number of unbranched alkanes of at least 4 members (excludes halogenated alkanes) is 1. The minimum absolute atomic E-state index is 0.190. The molecule has 0 aliphatic rings. The van der Waals surface area contributed by atoms with Gasteiger partial charge in [0, 0.05) is 24.4 Å². The summed E-state index contributed by atoms with van der Waals surface area (Å²) in [6, 6.07) is 9.11. The Morgan fingerprint density at radius 1 is 1.27 bits per heavy atom. The molecule has 0 fully saturated rings. The number of carbonyl (C=O) groups excluding carboxylic acids is 1. The Hall–Kier alpha value is -2.63. The van der Waals surface area contributed by atoms with Crippen molar-refractivity contribution in [3.05, 3.63) is 42.4 Å². The van der Waals surface area contributed by atoms with Crippen molar-refractivity contribution in [3.8, 4) is 5.75 Å². The minimum atomic E-state index is -0.190. The Bertz CT molecular complexity index is 631. The highest BCUT2D eigenvalue weighted by Gasteiger charge is 2.08. The first kappa shape index (κ1) is 15.8. The fraction of sp³-hybridized carbons (Fsp3) is 0.312. The Balaban J connectivity index is 2.06. The number of rotatable bonds is 7. The van der Waals surface area contributed by atoms with E-state index < -0.39 is 0 Å². The number of aromatic nitrogens is 2. The van der Waals surface area contributed by atoms with Gasteiger partial charge in [-0.05, 0) is 18.6 Å². The first-order valence-electron chi connectivity index (χ1n) is 7.24. The normalized spacial score (nSPS) is 10.1. The van der Waals surface area contributed by atoms with E-state index in [1.807, 2.05) is 24.3 Å². The average molecular weight is 300 g/mol. The number of amides is 1. The van der Waals surface area contributed by atoms with Crippen molar-refractivity contribution in [2.75, 3.05) is 19.0 Å². The Morgan fingerprint density at radius 3 is 2.91 bits per heavy atom. The van der Waals surface area contributed by atoms with Gasteiger partial charge >= 0.3 is 0 Å². The quantitative estimate of drug-likeness (QED) is 0.769. The lowest BCUT2D eigenvalue weighted by atomic mass is 10.3. The molecule has 0 unspecified atom stereocenters. The summed E-state index contributed by atoms with van der Waals surface area (Å²) in [5, 5.41) is 5.96. The van der Waals surface area contributed by atoms with Gasteiger partial charge in [-0.3, -0.25) is 4.79 Å². The fourth-order valence-electron chi connectivity index (χ4n) is 1.87. The number of ether oxygens (including phenoxy) is 1. The maximum Gasteiger partial charge on any atom is 0.270 e. The number of nitrogens with zero attached hydrogens (tertiary/aromatic N) is 2. The number of nitrogens with one attached hydrogen (secondary N) is 2. The van der Waals surface area contributed by atoms with Crippen molar-refractivity contribution in [2.45, 2.75) is 19.8 Å². The summed E-state index contributed by atoms with van der Waals surface area (Å²) in [5.74, 6) is 1.12. The summed E-state index contributed by atoms with van der Waals surface area (Å²) in [7, 11) is 1.61. The molecule has 1 aromatic carbocycles. The zero-order valence-electron chi connectivity index (χ0n) is 12.8. The second-order valence-corrected chi connectivity index (χ2v) is 4.75. The zero-order chi connectivity index (χ0) is 15.8. The topological polar surface area (TPSA) is 76.1 Å². The van der Waals surface area contributed by atoms with Crippen LogP contribution >= 0.6 is 0 Å². The van der Waals surface area contributed by atoms with Gasteiger partial charge in [-0.25, -0.2) is 9.97 Å². The van der Waals surface area contributed by atoms with E-state index in [9.17, 15) is 4.79 Å². The van der Waals surface area contributed by atoms with Crippen molar-refractivity contribution in [3.63, 3.8) is 0 Å². The predicted octanol–water partition coefficient (Wildman–Crippen LogP) is 2.76. The molecule has 0 atom stereocenters. The highest BCUT2D eigenvalue weighted by Crippen LogP contribution is 2.20. The minimum Gasteiger partial charge on any atom is -0.497 e. The smallest absolute Gasteiger partial charge is 0.270 e. The monoisotopic (exact) mass is 300 g/mol. The van der Waals surface area contributed by atoms with Gasteiger partial charge < -0.3 is 15.4 Å². The van der Waals surface area contributed by atoms with Gasteiger partial charge in [0.25, 0.3) is 5.91 Å². The van der Waals surface area contributed by atoms with Crippen LogP contribution in [0.3, 0.4) is 0 Å². The predicted molar refractivity (Wildman–Crippen MR) is 85.5 cm³/mol. The molecular formula is C16H20N4O2. The lowest BCUT2D eigenvalue weighted by Gasteiger charge is -2.08. The second kappa shape index (κ2) is 7.97. The summed E-state index contributed by atoms with van der Waals surface area (Å²) < 4.78 is 5.17.